The maximum Gasteiger partial charge on any atom is 0.260 e. The molecule has 1 aromatic heterocycles. The van der Waals surface area contributed by atoms with Gasteiger partial charge in [0.2, 0.25) is 0 Å². The predicted molar refractivity (Wildman–Crippen MR) is 108 cm³/mol. The van der Waals surface area contributed by atoms with Gasteiger partial charge >= 0.3 is 0 Å². The SMILES string of the molecule is Cc1ccc(OCC(=O)N2CCCC(c3nnc4n3CCCCC4)C2)c(C)c1. The van der Waals surface area contributed by atoms with E-state index in [1.807, 2.05) is 24.0 Å². The van der Waals surface area contributed by atoms with Crippen molar-refractivity contribution < 1.29 is 9.53 Å². The van der Waals surface area contributed by atoms with Crippen molar-refractivity contribution in [1.82, 2.24) is 19.7 Å². The lowest BCUT2D eigenvalue weighted by Crippen LogP contribution is -2.42. The van der Waals surface area contributed by atoms with Gasteiger partial charge in [0.1, 0.15) is 17.4 Å². The number of aryl methyl sites for hydroxylation is 3. The Balaban J connectivity index is 1.39. The molecule has 1 atom stereocenters. The summed E-state index contributed by atoms with van der Waals surface area (Å²) in [5.41, 5.74) is 2.26. The van der Waals surface area contributed by atoms with Crippen LogP contribution in [0, 0.1) is 13.8 Å². The predicted octanol–water partition coefficient (Wildman–Crippen LogP) is 3.41. The molecule has 2 aromatic rings. The molecule has 1 unspecified atom stereocenters. The number of rotatable bonds is 4. The Morgan fingerprint density at radius 2 is 2.04 bits per heavy atom. The van der Waals surface area contributed by atoms with Crippen LogP contribution in [0.5, 0.6) is 5.75 Å². The van der Waals surface area contributed by atoms with Crippen LogP contribution in [0.4, 0.5) is 0 Å². The molecule has 4 rings (SSSR count). The van der Waals surface area contributed by atoms with Crippen LogP contribution >= 0.6 is 0 Å². The largest absolute Gasteiger partial charge is 0.484 e. The van der Waals surface area contributed by atoms with E-state index >= 15 is 0 Å². The number of likely N-dealkylation sites (tertiary alicyclic amines) is 1. The number of hydrogen-bond donors (Lipinski definition) is 0. The van der Waals surface area contributed by atoms with Crippen LogP contribution in [-0.4, -0.2) is 45.3 Å². The highest BCUT2D eigenvalue weighted by atomic mass is 16.5. The number of nitrogens with zero attached hydrogens (tertiary/aromatic N) is 4. The molecule has 0 N–H and O–H groups in total. The molecule has 1 aromatic carbocycles. The van der Waals surface area contributed by atoms with Gasteiger partial charge in [0.05, 0.1) is 0 Å². The first-order valence-corrected chi connectivity index (χ1v) is 10.5. The van der Waals surface area contributed by atoms with Crippen molar-refractivity contribution in [2.45, 2.75) is 64.8 Å². The summed E-state index contributed by atoms with van der Waals surface area (Å²) in [6.45, 7) is 6.69. The van der Waals surface area contributed by atoms with Gasteiger partial charge in [-0.3, -0.25) is 4.79 Å². The van der Waals surface area contributed by atoms with Crippen LogP contribution in [0.2, 0.25) is 0 Å². The first-order valence-electron chi connectivity index (χ1n) is 10.5. The molecule has 28 heavy (non-hydrogen) atoms. The van der Waals surface area contributed by atoms with E-state index in [9.17, 15) is 4.79 Å². The van der Waals surface area contributed by atoms with E-state index in [2.05, 4.69) is 27.8 Å². The van der Waals surface area contributed by atoms with E-state index in [0.29, 0.717) is 6.54 Å². The summed E-state index contributed by atoms with van der Waals surface area (Å²) >= 11 is 0. The number of benzene rings is 1. The second-order valence-electron chi connectivity index (χ2n) is 8.17. The average Bonchev–Trinajstić information content (AvgIpc) is 2.95. The summed E-state index contributed by atoms with van der Waals surface area (Å²) < 4.78 is 8.13. The van der Waals surface area contributed by atoms with Gasteiger partial charge in [-0.25, -0.2) is 0 Å². The second-order valence-corrected chi connectivity index (χ2v) is 8.17. The average molecular weight is 383 g/mol. The summed E-state index contributed by atoms with van der Waals surface area (Å²) in [6, 6.07) is 6.04. The molecule has 0 aliphatic carbocycles. The van der Waals surface area contributed by atoms with Crippen LogP contribution in [0.3, 0.4) is 0 Å². The van der Waals surface area contributed by atoms with Gasteiger partial charge in [-0.2, -0.15) is 0 Å². The molecule has 150 valence electrons. The molecule has 3 heterocycles. The molecule has 0 radical (unpaired) electrons. The first kappa shape index (κ1) is 19.0. The maximum absolute atomic E-state index is 12.8. The number of amides is 1. The Hall–Kier alpha value is -2.37. The smallest absolute Gasteiger partial charge is 0.260 e. The molecule has 1 fully saturated rings. The number of carbonyl (C=O) groups excluding carboxylic acids is 1. The summed E-state index contributed by atoms with van der Waals surface area (Å²) in [5, 5.41) is 8.95. The highest BCUT2D eigenvalue weighted by molar-refractivity contribution is 5.78. The lowest BCUT2D eigenvalue weighted by molar-refractivity contribution is -0.134. The second kappa shape index (κ2) is 8.33. The minimum absolute atomic E-state index is 0.0558. The Morgan fingerprint density at radius 3 is 2.89 bits per heavy atom. The van der Waals surface area contributed by atoms with Gasteiger partial charge in [0, 0.05) is 32.0 Å². The Bertz CT molecular complexity index is 845. The van der Waals surface area contributed by atoms with Crippen LogP contribution in [0.25, 0.3) is 0 Å². The molecule has 0 saturated carbocycles. The fraction of sp³-hybridized carbons (Fsp3) is 0.591. The summed E-state index contributed by atoms with van der Waals surface area (Å²) in [7, 11) is 0. The van der Waals surface area contributed by atoms with Crippen molar-refractivity contribution >= 4 is 5.91 Å². The van der Waals surface area contributed by atoms with Crippen LogP contribution in [0.15, 0.2) is 18.2 Å². The van der Waals surface area contributed by atoms with E-state index in [-0.39, 0.29) is 18.4 Å². The minimum atomic E-state index is 0.0558. The van der Waals surface area contributed by atoms with Gasteiger partial charge in [-0.1, -0.05) is 24.1 Å². The van der Waals surface area contributed by atoms with E-state index in [0.717, 1.165) is 55.3 Å². The molecule has 6 nitrogen and oxygen atoms in total. The van der Waals surface area contributed by atoms with E-state index < -0.39 is 0 Å². The molecule has 6 heteroatoms. The van der Waals surface area contributed by atoms with Gasteiger partial charge in [-0.15, -0.1) is 10.2 Å². The fourth-order valence-electron chi connectivity index (χ4n) is 4.42. The summed E-state index contributed by atoms with van der Waals surface area (Å²) in [4.78, 5) is 14.7. The van der Waals surface area contributed by atoms with Gasteiger partial charge in [0.25, 0.3) is 5.91 Å². The van der Waals surface area contributed by atoms with Crippen molar-refractivity contribution in [1.29, 1.82) is 0 Å². The van der Waals surface area contributed by atoms with Crippen molar-refractivity contribution in [3.63, 3.8) is 0 Å². The topological polar surface area (TPSA) is 60.2 Å². The Labute approximate surface area is 166 Å². The normalized spacial score (nSPS) is 19.8. The first-order chi connectivity index (χ1) is 13.6. The highest BCUT2D eigenvalue weighted by Crippen LogP contribution is 2.28. The van der Waals surface area contributed by atoms with Crippen LogP contribution in [-0.2, 0) is 17.8 Å². The molecule has 0 spiro atoms. The van der Waals surface area contributed by atoms with Crippen LogP contribution < -0.4 is 4.74 Å². The van der Waals surface area contributed by atoms with E-state index in [1.165, 1.54) is 24.8 Å². The Morgan fingerprint density at radius 1 is 1.14 bits per heavy atom. The van der Waals surface area contributed by atoms with Crippen molar-refractivity contribution in [3.8, 4) is 5.75 Å². The number of piperidine rings is 1. The number of aromatic nitrogens is 3. The zero-order valence-corrected chi connectivity index (χ0v) is 17.0. The summed E-state index contributed by atoms with van der Waals surface area (Å²) in [6.07, 6.45) is 6.74. The fourth-order valence-corrected chi connectivity index (χ4v) is 4.42. The lowest BCUT2D eigenvalue weighted by atomic mass is 9.97. The van der Waals surface area contributed by atoms with E-state index in [1.54, 1.807) is 0 Å². The van der Waals surface area contributed by atoms with E-state index in [4.69, 9.17) is 4.74 Å². The third-order valence-corrected chi connectivity index (χ3v) is 5.96. The number of ether oxygens (including phenoxy) is 1. The highest BCUT2D eigenvalue weighted by Gasteiger charge is 2.29. The number of hydrogen-bond acceptors (Lipinski definition) is 4. The van der Waals surface area contributed by atoms with Gasteiger partial charge < -0.3 is 14.2 Å². The third kappa shape index (κ3) is 4.05. The quantitative estimate of drug-likeness (QED) is 0.813. The number of carbonyl (C=O) groups is 1. The Kier molecular flexibility index (Phi) is 5.64. The van der Waals surface area contributed by atoms with Crippen molar-refractivity contribution in [2.75, 3.05) is 19.7 Å². The summed E-state index contributed by atoms with van der Waals surface area (Å²) in [5.74, 6) is 3.31. The van der Waals surface area contributed by atoms with Crippen LogP contribution in [0.1, 0.15) is 60.8 Å². The monoisotopic (exact) mass is 382 g/mol. The number of fused-ring (bicyclic) bond motifs is 1. The molecular weight excluding hydrogens is 352 g/mol. The zero-order chi connectivity index (χ0) is 19.5. The van der Waals surface area contributed by atoms with Gasteiger partial charge in [-0.05, 0) is 51.2 Å². The maximum atomic E-state index is 12.8. The lowest BCUT2D eigenvalue weighted by Gasteiger charge is -2.32. The third-order valence-electron chi connectivity index (χ3n) is 5.96. The molecule has 0 bridgehead atoms. The molecule has 1 amide bonds. The van der Waals surface area contributed by atoms with Crippen molar-refractivity contribution in [2.24, 2.45) is 0 Å². The standard InChI is InChI=1S/C22H30N4O2/c1-16-9-10-19(17(2)13-16)28-15-21(27)25-11-6-7-18(14-25)22-24-23-20-8-4-3-5-12-26(20)22/h9-10,13,18H,3-8,11-12,14-15H2,1-2H3. The minimum Gasteiger partial charge on any atom is -0.484 e. The molecule has 1 saturated heterocycles. The molecule has 2 aliphatic heterocycles. The van der Waals surface area contributed by atoms with Crippen molar-refractivity contribution in [3.05, 3.63) is 41.0 Å². The zero-order valence-electron chi connectivity index (χ0n) is 17.0. The molecule has 2 aliphatic rings. The molecular formula is C22H30N4O2. The van der Waals surface area contributed by atoms with Gasteiger partial charge in [0.15, 0.2) is 6.61 Å².